The predicted octanol–water partition coefficient (Wildman–Crippen LogP) is 5.34. The van der Waals surface area contributed by atoms with Crippen LogP contribution in [0.3, 0.4) is 0 Å². The van der Waals surface area contributed by atoms with Crippen molar-refractivity contribution in [3.05, 3.63) is 87.9 Å². The topological polar surface area (TPSA) is 57.0 Å². The van der Waals surface area contributed by atoms with Gasteiger partial charge in [-0.25, -0.2) is 0 Å². The Bertz CT molecular complexity index is 1330. The highest BCUT2D eigenvalue weighted by Crippen LogP contribution is 2.37. The Morgan fingerprint density at radius 1 is 1.13 bits per heavy atom. The Balaban J connectivity index is 1.39. The third-order valence-corrected chi connectivity index (χ3v) is 6.77. The Labute approximate surface area is 179 Å². The summed E-state index contributed by atoms with van der Waals surface area (Å²) in [5.74, 6) is 0.0611. The lowest BCUT2D eigenvalue weighted by Gasteiger charge is -2.15. The molecule has 3 heterocycles. The van der Waals surface area contributed by atoms with Crippen LogP contribution in [0.4, 0.5) is 0 Å². The van der Waals surface area contributed by atoms with Gasteiger partial charge in [-0.15, -0.1) is 11.3 Å². The fraction of sp³-hybridized carbons (Fsp3) is 0.160. The summed E-state index contributed by atoms with van der Waals surface area (Å²) in [6.45, 7) is 3.18. The first kappa shape index (κ1) is 18.5. The standard InChI is InChI=1S/C25H19N3OS/c1-16-13-22(30-23(16)14-26)20-7-4-6-18-15-28(25(29)24(18)20)12-11-19-10-9-17-5-2-3-8-21(17)27-19/h2-10,13H,11-12,15H2,1H3. The maximum atomic E-state index is 13.2. The van der Waals surface area contributed by atoms with Crippen LogP contribution in [-0.2, 0) is 13.0 Å². The van der Waals surface area contributed by atoms with Crippen LogP contribution in [0, 0.1) is 18.3 Å². The molecule has 4 aromatic rings. The van der Waals surface area contributed by atoms with Crippen molar-refractivity contribution < 1.29 is 4.79 Å². The van der Waals surface area contributed by atoms with Gasteiger partial charge in [0, 0.05) is 41.0 Å². The summed E-state index contributed by atoms with van der Waals surface area (Å²) in [6.07, 6.45) is 0.719. The minimum atomic E-state index is 0.0611. The molecule has 0 aliphatic carbocycles. The number of nitrogens with zero attached hydrogens (tertiary/aromatic N) is 3. The number of carbonyl (C=O) groups is 1. The summed E-state index contributed by atoms with van der Waals surface area (Å²) in [5.41, 5.74) is 5.68. The molecule has 0 fully saturated rings. The summed E-state index contributed by atoms with van der Waals surface area (Å²) < 4.78 is 0. The molecule has 4 nitrogen and oxygen atoms in total. The minimum Gasteiger partial charge on any atom is -0.334 e. The molecular formula is C25H19N3OS. The van der Waals surface area contributed by atoms with Crippen LogP contribution in [0.15, 0.2) is 60.7 Å². The summed E-state index contributed by atoms with van der Waals surface area (Å²) in [5, 5.41) is 10.4. The van der Waals surface area contributed by atoms with E-state index in [0.717, 1.165) is 50.1 Å². The Hall–Kier alpha value is -3.49. The molecule has 0 saturated carbocycles. The Kier molecular flexibility index (Phi) is 4.57. The fourth-order valence-corrected chi connectivity index (χ4v) is 5.03. The molecule has 0 N–H and O–H groups in total. The van der Waals surface area contributed by atoms with Gasteiger partial charge in [-0.1, -0.05) is 42.5 Å². The lowest BCUT2D eigenvalue weighted by molar-refractivity contribution is 0.0780. The maximum Gasteiger partial charge on any atom is 0.255 e. The number of hydrogen-bond acceptors (Lipinski definition) is 4. The van der Waals surface area contributed by atoms with Crippen molar-refractivity contribution in [1.82, 2.24) is 9.88 Å². The number of amides is 1. The molecule has 5 rings (SSSR count). The summed E-state index contributed by atoms with van der Waals surface area (Å²) in [7, 11) is 0. The highest BCUT2D eigenvalue weighted by Gasteiger charge is 2.30. The number of fused-ring (bicyclic) bond motifs is 2. The lowest BCUT2D eigenvalue weighted by Crippen LogP contribution is -2.26. The molecule has 0 radical (unpaired) electrons. The van der Waals surface area contributed by atoms with Crippen LogP contribution in [0.25, 0.3) is 21.3 Å². The number of thiophene rings is 1. The van der Waals surface area contributed by atoms with E-state index in [0.29, 0.717) is 18.0 Å². The van der Waals surface area contributed by atoms with Crippen LogP contribution in [-0.4, -0.2) is 22.3 Å². The highest BCUT2D eigenvalue weighted by molar-refractivity contribution is 7.16. The number of hydrogen-bond donors (Lipinski definition) is 0. The van der Waals surface area contributed by atoms with Crippen molar-refractivity contribution in [2.75, 3.05) is 6.54 Å². The van der Waals surface area contributed by atoms with Gasteiger partial charge in [0.2, 0.25) is 0 Å². The summed E-state index contributed by atoms with van der Waals surface area (Å²) in [6, 6.07) is 22.4. The third kappa shape index (κ3) is 3.16. The second kappa shape index (κ2) is 7.40. The molecule has 1 aliphatic heterocycles. The number of nitriles is 1. The molecule has 5 heteroatoms. The zero-order chi connectivity index (χ0) is 20.7. The molecule has 2 aromatic carbocycles. The Morgan fingerprint density at radius 3 is 2.83 bits per heavy atom. The van der Waals surface area contributed by atoms with Gasteiger partial charge in [-0.3, -0.25) is 9.78 Å². The second-order valence-electron chi connectivity index (χ2n) is 7.55. The van der Waals surface area contributed by atoms with Gasteiger partial charge >= 0.3 is 0 Å². The van der Waals surface area contributed by atoms with Crippen LogP contribution in [0.1, 0.15) is 32.1 Å². The quantitative estimate of drug-likeness (QED) is 0.457. The molecule has 1 amide bonds. The van der Waals surface area contributed by atoms with Crippen LogP contribution < -0.4 is 0 Å². The molecule has 0 saturated heterocycles. The van der Waals surface area contributed by atoms with E-state index in [-0.39, 0.29) is 5.91 Å². The van der Waals surface area contributed by atoms with E-state index in [1.54, 1.807) is 0 Å². The fourth-order valence-electron chi connectivity index (χ4n) is 4.03. The number of benzene rings is 2. The van der Waals surface area contributed by atoms with Gasteiger partial charge < -0.3 is 4.90 Å². The SMILES string of the molecule is Cc1cc(-c2cccc3c2C(=O)N(CCc2ccc4ccccc4n2)C3)sc1C#N. The number of para-hydroxylation sites is 1. The molecule has 2 aromatic heterocycles. The molecule has 146 valence electrons. The molecule has 1 aliphatic rings. The van der Waals surface area contributed by atoms with Crippen LogP contribution in [0.2, 0.25) is 0 Å². The third-order valence-electron chi connectivity index (χ3n) is 5.59. The number of rotatable bonds is 4. The van der Waals surface area contributed by atoms with Crippen LogP contribution in [0.5, 0.6) is 0 Å². The average Bonchev–Trinajstić information content (AvgIpc) is 3.31. The summed E-state index contributed by atoms with van der Waals surface area (Å²) in [4.78, 5) is 21.5. The molecular weight excluding hydrogens is 390 g/mol. The highest BCUT2D eigenvalue weighted by atomic mass is 32.1. The molecule has 0 spiro atoms. The van der Waals surface area contributed by atoms with E-state index in [1.807, 2.05) is 60.4 Å². The zero-order valence-corrected chi connectivity index (χ0v) is 17.4. The van der Waals surface area contributed by atoms with Crippen molar-refractivity contribution in [2.45, 2.75) is 19.9 Å². The smallest absolute Gasteiger partial charge is 0.255 e. The Morgan fingerprint density at radius 2 is 2.00 bits per heavy atom. The minimum absolute atomic E-state index is 0.0611. The first-order chi connectivity index (χ1) is 14.6. The number of aromatic nitrogens is 1. The summed E-state index contributed by atoms with van der Waals surface area (Å²) >= 11 is 1.45. The van der Waals surface area contributed by atoms with Crippen molar-refractivity contribution in [1.29, 1.82) is 5.26 Å². The monoisotopic (exact) mass is 409 g/mol. The predicted molar refractivity (Wildman–Crippen MR) is 119 cm³/mol. The van der Waals surface area contributed by atoms with E-state index in [4.69, 9.17) is 4.98 Å². The number of aryl methyl sites for hydroxylation is 1. The van der Waals surface area contributed by atoms with Gasteiger partial charge in [-0.2, -0.15) is 5.26 Å². The van der Waals surface area contributed by atoms with E-state index in [1.165, 1.54) is 11.3 Å². The zero-order valence-electron chi connectivity index (χ0n) is 16.6. The van der Waals surface area contributed by atoms with E-state index < -0.39 is 0 Å². The number of carbonyl (C=O) groups excluding carboxylic acids is 1. The largest absolute Gasteiger partial charge is 0.334 e. The maximum absolute atomic E-state index is 13.2. The van der Waals surface area contributed by atoms with Gasteiger partial charge in [-0.05, 0) is 36.2 Å². The lowest BCUT2D eigenvalue weighted by atomic mass is 10.0. The number of pyridine rings is 1. The average molecular weight is 410 g/mol. The first-order valence-electron chi connectivity index (χ1n) is 9.91. The van der Waals surface area contributed by atoms with Crippen LogP contribution >= 0.6 is 11.3 Å². The molecule has 0 unspecified atom stereocenters. The van der Waals surface area contributed by atoms with Crippen molar-refractivity contribution in [2.24, 2.45) is 0 Å². The van der Waals surface area contributed by atoms with Crippen molar-refractivity contribution >= 4 is 28.1 Å². The normalized spacial score (nSPS) is 12.9. The first-order valence-corrected chi connectivity index (χ1v) is 10.7. The van der Waals surface area contributed by atoms with E-state index >= 15 is 0 Å². The van der Waals surface area contributed by atoms with Gasteiger partial charge in [0.15, 0.2) is 0 Å². The van der Waals surface area contributed by atoms with E-state index in [9.17, 15) is 10.1 Å². The van der Waals surface area contributed by atoms with E-state index in [2.05, 4.69) is 18.2 Å². The van der Waals surface area contributed by atoms with Crippen molar-refractivity contribution in [3.63, 3.8) is 0 Å². The van der Waals surface area contributed by atoms with Crippen molar-refractivity contribution in [3.8, 4) is 16.5 Å². The molecule has 0 bridgehead atoms. The molecule has 0 atom stereocenters. The second-order valence-corrected chi connectivity index (χ2v) is 8.60. The van der Waals surface area contributed by atoms with Gasteiger partial charge in [0.25, 0.3) is 5.91 Å². The van der Waals surface area contributed by atoms with Gasteiger partial charge in [0.05, 0.1) is 11.1 Å². The molecule has 30 heavy (non-hydrogen) atoms. The van der Waals surface area contributed by atoms with Gasteiger partial charge in [0.1, 0.15) is 10.9 Å².